The maximum atomic E-state index is 13.2. The third-order valence-corrected chi connectivity index (χ3v) is 5.89. The normalized spacial score (nSPS) is 16.0. The van der Waals surface area contributed by atoms with Crippen LogP contribution in [0.2, 0.25) is 0 Å². The predicted octanol–water partition coefficient (Wildman–Crippen LogP) is 2.70. The molecule has 0 atom stereocenters. The lowest BCUT2D eigenvalue weighted by Gasteiger charge is -2.30. The van der Waals surface area contributed by atoms with Crippen molar-refractivity contribution in [2.45, 2.75) is 6.92 Å². The molecule has 4 rings (SSSR count). The number of esters is 1. The zero-order chi connectivity index (χ0) is 24.8. The summed E-state index contributed by atoms with van der Waals surface area (Å²) in [5, 5.41) is 14.6. The number of nitro benzene ring substituents is 1. The van der Waals surface area contributed by atoms with Crippen molar-refractivity contribution >= 4 is 34.6 Å². The number of hydrogen-bond donors (Lipinski definition) is 1. The molecule has 0 unspecified atom stereocenters. The van der Waals surface area contributed by atoms with Gasteiger partial charge in [0.05, 0.1) is 54.9 Å². The lowest BCUT2D eigenvalue weighted by Crippen LogP contribution is -2.37. The Labute approximate surface area is 202 Å². The van der Waals surface area contributed by atoms with Crippen molar-refractivity contribution in [3.05, 3.63) is 57.6 Å². The first-order valence-corrected chi connectivity index (χ1v) is 11.5. The maximum absolute atomic E-state index is 13.2. The number of nitrogens with one attached hydrogen (secondary N) is 1. The molecule has 0 aliphatic carbocycles. The molecule has 2 aromatic carbocycles. The number of carbonyl (C=O) groups excluding carboxylic acids is 2. The van der Waals surface area contributed by atoms with Crippen LogP contribution in [-0.2, 0) is 14.2 Å². The van der Waals surface area contributed by atoms with E-state index in [-0.39, 0.29) is 17.9 Å². The van der Waals surface area contributed by atoms with E-state index < -0.39 is 16.8 Å². The van der Waals surface area contributed by atoms with Crippen LogP contribution in [0.1, 0.15) is 27.6 Å². The predicted molar refractivity (Wildman–Crippen MR) is 130 cm³/mol. The standard InChI is InChI=1S/C24H28N4O7/c1-2-35-24(30)18-4-5-20(26-7-11-33-12-8-26)19(15-18)25-23(29)17-3-6-21(22(16-17)28(31)32)27-9-13-34-14-10-27/h3-6,15-16H,2,7-14H2,1H3,(H,25,29). The van der Waals surface area contributed by atoms with E-state index >= 15 is 0 Å². The summed E-state index contributed by atoms with van der Waals surface area (Å²) in [6.45, 7) is 6.33. The average molecular weight is 485 g/mol. The molecule has 0 saturated carbocycles. The third kappa shape index (κ3) is 5.69. The van der Waals surface area contributed by atoms with Crippen molar-refractivity contribution in [2.75, 3.05) is 74.3 Å². The first-order valence-electron chi connectivity index (χ1n) is 11.5. The molecule has 2 aliphatic rings. The fraction of sp³-hybridized carbons (Fsp3) is 0.417. The van der Waals surface area contributed by atoms with E-state index in [0.717, 1.165) is 5.69 Å². The van der Waals surface area contributed by atoms with Crippen molar-refractivity contribution in [2.24, 2.45) is 0 Å². The van der Waals surface area contributed by atoms with Crippen LogP contribution in [0.25, 0.3) is 0 Å². The van der Waals surface area contributed by atoms with Crippen LogP contribution in [0.15, 0.2) is 36.4 Å². The Morgan fingerprint density at radius 2 is 1.51 bits per heavy atom. The summed E-state index contributed by atoms with van der Waals surface area (Å²) in [4.78, 5) is 40.7. The topological polar surface area (TPSA) is 123 Å². The summed E-state index contributed by atoms with van der Waals surface area (Å²) < 4.78 is 15.9. The SMILES string of the molecule is CCOC(=O)c1ccc(N2CCOCC2)c(NC(=O)c2ccc(N3CCOCC3)c([N+](=O)[O-])c2)c1. The van der Waals surface area contributed by atoms with Gasteiger partial charge in [-0.15, -0.1) is 0 Å². The number of morpholine rings is 2. The number of nitro groups is 1. The summed E-state index contributed by atoms with van der Waals surface area (Å²) in [6.07, 6.45) is 0. The number of hydrogen-bond acceptors (Lipinski definition) is 9. The van der Waals surface area contributed by atoms with Crippen LogP contribution in [0, 0.1) is 10.1 Å². The van der Waals surface area contributed by atoms with Gasteiger partial charge >= 0.3 is 5.97 Å². The molecule has 0 bridgehead atoms. The van der Waals surface area contributed by atoms with Gasteiger partial charge in [-0.05, 0) is 37.3 Å². The van der Waals surface area contributed by atoms with Gasteiger partial charge in [0, 0.05) is 37.8 Å². The van der Waals surface area contributed by atoms with Gasteiger partial charge in [0.25, 0.3) is 11.6 Å². The largest absolute Gasteiger partial charge is 0.462 e. The zero-order valence-electron chi connectivity index (χ0n) is 19.5. The molecule has 2 aliphatic heterocycles. The van der Waals surface area contributed by atoms with E-state index in [1.165, 1.54) is 6.07 Å². The molecule has 0 aromatic heterocycles. The monoisotopic (exact) mass is 484 g/mol. The average Bonchev–Trinajstić information content (AvgIpc) is 2.89. The number of nitrogens with zero attached hydrogens (tertiary/aromatic N) is 3. The van der Waals surface area contributed by atoms with Gasteiger partial charge in [0.15, 0.2) is 0 Å². The Bertz CT molecular complexity index is 1100. The van der Waals surface area contributed by atoms with Gasteiger partial charge in [-0.3, -0.25) is 14.9 Å². The van der Waals surface area contributed by atoms with Gasteiger partial charge in [-0.2, -0.15) is 0 Å². The molecule has 2 aromatic rings. The van der Waals surface area contributed by atoms with E-state index in [9.17, 15) is 19.7 Å². The number of anilines is 3. The maximum Gasteiger partial charge on any atom is 0.338 e. The van der Waals surface area contributed by atoms with Crippen LogP contribution < -0.4 is 15.1 Å². The summed E-state index contributed by atoms with van der Waals surface area (Å²) in [6, 6.07) is 9.42. The van der Waals surface area contributed by atoms with E-state index in [2.05, 4.69) is 10.2 Å². The molecule has 2 heterocycles. The molecule has 1 N–H and O–H groups in total. The lowest BCUT2D eigenvalue weighted by molar-refractivity contribution is -0.384. The molecule has 11 nitrogen and oxygen atoms in total. The van der Waals surface area contributed by atoms with E-state index in [1.54, 1.807) is 37.3 Å². The zero-order valence-corrected chi connectivity index (χ0v) is 19.5. The van der Waals surface area contributed by atoms with Crippen LogP contribution in [0.4, 0.5) is 22.7 Å². The fourth-order valence-corrected chi connectivity index (χ4v) is 4.13. The van der Waals surface area contributed by atoms with E-state index in [1.807, 2.05) is 4.90 Å². The smallest absolute Gasteiger partial charge is 0.338 e. The van der Waals surface area contributed by atoms with Gasteiger partial charge in [0.1, 0.15) is 5.69 Å². The van der Waals surface area contributed by atoms with Crippen molar-refractivity contribution in [3.8, 4) is 0 Å². The molecule has 2 fully saturated rings. The summed E-state index contributed by atoms with van der Waals surface area (Å²) in [5.41, 5.74) is 1.90. The summed E-state index contributed by atoms with van der Waals surface area (Å²) in [5.74, 6) is -1.01. The molecule has 0 radical (unpaired) electrons. The molecule has 11 heteroatoms. The number of rotatable bonds is 7. The number of amides is 1. The van der Waals surface area contributed by atoms with Crippen molar-refractivity contribution in [3.63, 3.8) is 0 Å². The molecular weight excluding hydrogens is 456 g/mol. The van der Waals surface area contributed by atoms with Gasteiger partial charge in [0.2, 0.25) is 0 Å². The third-order valence-electron chi connectivity index (χ3n) is 5.89. The minimum atomic E-state index is -0.517. The molecule has 0 spiro atoms. The fourth-order valence-electron chi connectivity index (χ4n) is 4.13. The Hall–Kier alpha value is -3.70. The van der Waals surface area contributed by atoms with E-state index in [4.69, 9.17) is 14.2 Å². The quantitative estimate of drug-likeness (QED) is 0.359. The highest BCUT2D eigenvalue weighted by molar-refractivity contribution is 6.07. The van der Waals surface area contributed by atoms with Gasteiger partial charge < -0.3 is 29.3 Å². The molecule has 1 amide bonds. The van der Waals surface area contributed by atoms with Gasteiger partial charge in [-0.1, -0.05) is 0 Å². The van der Waals surface area contributed by atoms with Crippen LogP contribution >= 0.6 is 0 Å². The minimum absolute atomic E-state index is 0.142. The molecular formula is C24H28N4O7. The Balaban J connectivity index is 1.63. The second-order valence-corrected chi connectivity index (χ2v) is 8.07. The second kappa shape index (κ2) is 11.2. The Kier molecular flexibility index (Phi) is 7.78. The highest BCUT2D eigenvalue weighted by Gasteiger charge is 2.24. The van der Waals surface area contributed by atoms with Crippen molar-refractivity contribution in [1.29, 1.82) is 0 Å². The van der Waals surface area contributed by atoms with Crippen LogP contribution in [0.3, 0.4) is 0 Å². The molecule has 35 heavy (non-hydrogen) atoms. The lowest BCUT2D eigenvalue weighted by atomic mass is 10.1. The summed E-state index contributed by atoms with van der Waals surface area (Å²) >= 11 is 0. The number of ether oxygens (including phenoxy) is 3. The Morgan fingerprint density at radius 3 is 2.11 bits per heavy atom. The van der Waals surface area contributed by atoms with E-state index in [0.29, 0.717) is 69.5 Å². The van der Waals surface area contributed by atoms with Crippen molar-refractivity contribution < 1.29 is 28.7 Å². The highest BCUT2D eigenvalue weighted by Crippen LogP contribution is 2.32. The van der Waals surface area contributed by atoms with Crippen molar-refractivity contribution in [1.82, 2.24) is 0 Å². The summed E-state index contributed by atoms with van der Waals surface area (Å²) in [7, 11) is 0. The number of benzene rings is 2. The first-order chi connectivity index (χ1) is 17.0. The van der Waals surface area contributed by atoms with Crippen LogP contribution in [0.5, 0.6) is 0 Å². The number of carbonyl (C=O) groups is 2. The molecule has 186 valence electrons. The Morgan fingerprint density at radius 1 is 0.943 bits per heavy atom. The first kappa shape index (κ1) is 24.4. The van der Waals surface area contributed by atoms with Crippen LogP contribution in [-0.4, -0.2) is 76.0 Å². The molecule has 2 saturated heterocycles. The van der Waals surface area contributed by atoms with Gasteiger partial charge in [-0.25, -0.2) is 4.79 Å². The second-order valence-electron chi connectivity index (χ2n) is 8.07. The minimum Gasteiger partial charge on any atom is -0.462 e. The highest BCUT2D eigenvalue weighted by atomic mass is 16.6.